The van der Waals surface area contributed by atoms with Crippen LogP contribution in [-0.2, 0) is 4.79 Å². The Bertz CT molecular complexity index is 730. The van der Waals surface area contributed by atoms with Gasteiger partial charge in [-0.1, -0.05) is 42.8 Å². The predicted octanol–water partition coefficient (Wildman–Crippen LogP) is 4.35. The molecule has 0 aromatic heterocycles. The summed E-state index contributed by atoms with van der Waals surface area (Å²) in [5, 5.41) is 18.6. The zero-order chi connectivity index (χ0) is 19.9. The highest BCUT2D eigenvalue weighted by atomic mass is 19.4. The molecule has 0 heterocycles. The van der Waals surface area contributed by atoms with Gasteiger partial charge in [-0.3, -0.25) is 10.0 Å². The summed E-state index contributed by atoms with van der Waals surface area (Å²) in [4.78, 5) is 10.9. The predicted molar refractivity (Wildman–Crippen MR) is 91.9 cm³/mol. The third-order valence-electron chi connectivity index (χ3n) is 3.97. The molecule has 2 aromatic carbocycles. The van der Waals surface area contributed by atoms with Crippen molar-refractivity contribution in [1.29, 1.82) is 0 Å². The Morgan fingerprint density at radius 2 is 1.56 bits per heavy atom. The second-order valence-corrected chi connectivity index (χ2v) is 5.99. The average Bonchev–Trinajstić information content (AvgIpc) is 2.64. The lowest BCUT2D eigenvalue weighted by atomic mass is 9.99. The smallest absolute Gasteiger partial charge is 0.406 e. The minimum atomic E-state index is -4.72. The standard InChI is InChI=1S/C19H20F3NO4/c20-19(21,22)27-16-11-9-14(10-12-16)13-5-7-15(8-6-13)17(24)3-1-2-4-18(25)23-26/h5-12,17,24,26H,1-4H2,(H,23,25). The Labute approximate surface area is 154 Å². The van der Waals surface area contributed by atoms with Gasteiger partial charge < -0.3 is 9.84 Å². The van der Waals surface area contributed by atoms with Gasteiger partial charge in [-0.2, -0.15) is 0 Å². The number of hydrogen-bond acceptors (Lipinski definition) is 4. The Balaban J connectivity index is 1.91. The van der Waals surface area contributed by atoms with Crippen LogP contribution >= 0.6 is 0 Å². The number of carbonyl (C=O) groups excluding carboxylic acids is 1. The molecule has 0 radical (unpaired) electrons. The fourth-order valence-electron chi connectivity index (χ4n) is 2.59. The number of aliphatic hydroxyl groups excluding tert-OH is 1. The van der Waals surface area contributed by atoms with E-state index in [1.165, 1.54) is 24.3 Å². The van der Waals surface area contributed by atoms with Crippen LogP contribution in [0.4, 0.5) is 13.2 Å². The number of nitrogens with one attached hydrogen (secondary N) is 1. The molecule has 146 valence electrons. The summed E-state index contributed by atoms with van der Waals surface area (Å²) in [5.41, 5.74) is 3.78. The highest BCUT2D eigenvalue weighted by Crippen LogP contribution is 2.28. The summed E-state index contributed by atoms with van der Waals surface area (Å²) in [6.07, 6.45) is -3.57. The van der Waals surface area contributed by atoms with Crippen LogP contribution < -0.4 is 10.2 Å². The van der Waals surface area contributed by atoms with Gasteiger partial charge in [0.25, 0.3) is 0 Å². The summed E-state index contributed by atoms with van der Waals surface area (Å²) < 4.78 is 40.4. The Hall–Kier alpha value is -2.58. The summed E-state index contributed by atoms with van der Waals surface area (Å²) in [6, 6.07) is 12.6. The number of hydrogen-bond donors (Lipinski definition) is 3. The molecule has 0 fully saturated rings. The van der Waals surface area contributed by atoms with Gasteiger partial charge in [0.1, 0.15) is 5.75 Å². The molecule has 27 heavy (non-hydrogen) atoms. The van der Waals surface area contributed by atoms with Crippen molar-refractivity contribution in [2.24, 2.45) is 0 Å². The number of carbonyl (C=O) groups is 1. The van der Waals surface area contributed by atoms with Gasteiger partial charge >= 0.3 is 6.36 Å². The molecule has 0 aliphatic heterocycles. The van der Waals surface area contributed by atoms with E-state index in [9.17, 15) is 23.1 Å². The normalized spacial score (nSPS) is 12.5. The number of rotatable bonds is 8. The molecule has 2 aromatic rings. The van der Waals surface area contributed by atoms with Crippen molar-refractivity contribution in [2.45, 2.75) is 38.1 Å². The van der Waals surface area contributed by atoms with Crippen LogP contribution in [0.15, 0.2) is 48.5 Å². The van der Waals surface area contributed by atoms with Crippen LogP contribution in [0.1, 0.15) is 37.4 Å². The molecule has 0 aliphatic rings. The molecular weight excluding hydrogens is 363 g/mol. The van der Waals surface area contributed by atoms with Crippen molar-refractivity contribution < 1.29 is 33.0 Å². The van der Waals surface area contributed by atoms with Crippen LogP contribution in [0.5, 0.6) is 5.75 Å². The molecule has 1 amide bonds. The highest BCUT2D eigenvalue weighted by Gasteiger charge is 2.30. The second-order valence-electron chi connectivity index (χ2n) is 5.99. The van der Waals surface area contributed by atoms with E-state index in [2.05, 4.69) is 4.74 Å². The monoisotopic (exact) mass is 383 g/mol. The van der Waals surface area contributed by atoms with E-state index in [4.69, 9.17) is 5.21 Å². The lowest BCUT2D eigenvalue weighted by Crippen LogP contribution is -2.17. The highest BCUT2D eigenvalue weighted by molar-refractivity contribution is 5.74. The van der Waals surface area contributed by atoms with E-state index < -0.39 is 18.4 Å². The molecule has 0 aliphatic carbocycles. The number of aliphatic hydroxyl groups is 1. The van der Waals surface area contributed by atoms with Crippen LogP contribution in [0, 0.1) is 0 Å². The van der Waals surface area contributed by atoms with Crippen molar-refractivity contribution in [3.8, 4) is 16.9 Å². The number of unbranched alkanes of at least 4 members (excludes halogenated alkanes) is 1. The molecule has 3 N–H and O–H groups in total. The zero-order valence-electron chi connectivity index (χ0n) is 14.4. The zero-order valence-corrected chi connectivity index (χ0v) is 14.4. The SMILES string of the molecule is O=C(CCCCC(O)c1ccc(-c2ccc(OC(F)(F)F)cc2)cc1)NO. The van der Waals surface area contributed by atoms with Crippen LogP contribution in [0.25, 0.3) is 11.1 Å². The van der Waals surface area contributed by atoms with Gasteiger partial charge in [-0.05, 0) is 41.7 Å². The van der Waals surface area contributed by atoms with Gasteiger partial charge in [-0.15, -0.1) is 13.2 Å². The summed E-state index contributed by atoms with van der Waals surface area (Å²) in [6.45, 7) is 0. The molecule has 0 saturated carbocycles. The van der Waals surface area contributed by atoms with Crippen LogP contribution in [-0.4, -0.2) is 22.6 Å². The van der Waals surface area contributed by atoms with Crippen LogP contribution in [0.2, 0.25) is 0 Å². The topological polar surface area (TPSA) is 78.8 Å². The maximum Gasteiger partial charge on any atom is 0.573 e. The molecule has 0 saturated heterocycles. The first-order valence-corrected chi connectivity index (χ1v) is 8.35. The molecule has 8 heteroatoms. The maximum absolute atomic E-state index is 12.2. The van der Waals surface area contributed by atoms with Crippen molar-refractivity contribution in [2.75, 3.05) is 0 Å². The van der Waals surface area contributed by atoms with Gasteiger partial charge in [0.2, 0.25) is 5.91 Å². The quantitative estimate of drug-likeness (QED) is 0.360. The van der Waals surface area contributed by atoms with Crippen molar-refractivity contribution in [1.82, 2.24) is 5.48 Å². The molecular formula is C19H20F3NO4. The minimum Gasteiger partial charge on any atom is -0.406 e. The summed E-state index contributed by atoms with van der Waals surface area (Å²) in [7, 11) is 0. The maximum atomic E-state index is 12.2. The lowest BCUT2D eigenvalue weighted by Gasteiger charge is -2.12. The largest absolute Gasteiger partial charge is 0.573 e. The molecule has 2 rings (SSSR count). The number of halogens is 3. The average molecular weight is 383 g/mol. The lowest BCUT2D eigenvalue weighted by molar-refractivity contribution is -0.274. The third kappa shape index (κ3) is 6.92. The van der Waals surface area contributed by atoms with Gasteiger partial charge in [-0.25, -0.2) is 5.48 Å². The number of amides is 1. The van der Waals surface area contributed by atoms with E-state index in [0.29, 0.717) is 24.8 Å². The first kappa shape index (κ1) is 20.7. The molecule has 0 spiro atoms. The van der Waals surface area contributed by atoms with E-state index in [0.717, 1.165) is 11.1 Å². The second kappa shape index (κ2) is 9.38. The Morgan fingerprint density at radius 1 is 1.00 bits per heavy atom. The molecule has 0 bridgehead atoms. The first-order chi connectivity index (χ1) is 12.8. The first-order valence-electron chi connectivity index (χ1n) is 8.35. The van der Waals surface area contributed by atoms with E-state index in [1.807, 2.05) is 0 Å². The van der Waals surface area contributed by atoms with E-state index in [-0.39, 0.29) is 12.2 Å². The Kier molecular flexibility index (Phi) is 7.20. The van der Waals surface area contributed by atoms with Crippen molar-refractivity contribution in [3.63, 3.8) is 0 Å². The summed E-state index contributed by atoms with van der Waals surface area (Å²) >= 11 is 0. The van der Waals surface area contributed by atoms with Gasteiger partial charge in [0.05, 0.1) is 6.10 Å². The molecule has 1 atom stereocenters. The third-order valence-corrected chi connectivity index (χ3v) is 3.97. The number of alkyl halides is 3. The van der Waals surface area contributed by atoms with E-state index in [1.54, 1.807) is 29.7 Å². The minimum absolute atomic E-state index is 0.191. The van der Waals surface area contributed by atoms with Gasteiger partial charge in [0.15, 0.2) is 0 Å². The molecule has 1 unspecified atom stereocenters. The van der Waals surface area contributed by atoms with E-state index >= 15 is 0 Å². The number of hydroxylamine groups is 1. The number of benzene rings is 2. The van der Waals surface area contributed by atoms with Crippen molar-refractivity contribution in [3.05, 3.63) is 54.1 Å². The molecule has 5 nitrogen and oxygen atoms in total. The van der Waals surface area contributed by atoms with Crippen molar-refractivity contribution >= 4 is 5.91 Å². The van der Waals surface area contributed by atoms with Crippen LogP contribution in [0.3, 0.4) is 0 Å². The number of ether oxygens (including phenoxy) is 1. The fourth-order valence-corrected chi connectivity index (χ4v) is 2.59. The fraction of sp³-hybridized carbons (Fsp3) is 0.316. The Morgan fingerprint density at radius 3 is 2.07 bits per heavy atom. The van der Waals surface area contributed by atoms with Gasteiger partial charge in [0, 0.05) is 6.42 Å². The summed E-state index contributed by atoms with van der Waals surface area (Å²) in [5.74, 6) is -0.742.